The number of anilines is 1. The highest BCUT2D eigenvalue weighted by Gasteiger charge is 2.28. The molecule has 2 atom stereocenters. The Bertz CT molecular complexity index is 577. The van der Waals surface area contributed by atoms with Crippen LogP contribution in [0.1, 0.15) is 19.8 Å². The van der Waals surface area contributed by atoms with Crippen molar-refractivity contribution in [3.63, 3.8) is 0 Å². The summed E-state index contributed by atoms with van der Waals surface area (Å²) >= 11 is 5.93. The van der Waals surface area contributed by atoms with Crippen LogP contribution in [-0.2, 0) is 14.8 Å². The average Bonchev–Trinajstić information content (AvgIpc) is 2.86. The molecule has 0 amide bonds. The molecule has 1 fully saturated rings. The van der Waals surface area contributed by atoms with Crippen molar-refractivity contribution in [2.45, 2.75) is 30.8 Å². The van der Waals surface area contributed by atoms with Crippen molar-refractivity contribution in [2.24, 2.45) is 5.92 Å². The van der Waals surface area contributed by atoms with E-state index < -0.39 is 10.0 Å². The maximum absolute atomic E-state index is 12.3. The Hall–Kier alpha value is -0.820. The predicted molar refractivity (Wildman–Crippen MR) is 79.2 cm³/mol. The van der Waals surface area contributed by atoms with E-state index >= 15 is 0 Å². The number of ether oxygens (including phenoxy) is 1. The summed E-state index contributed by atoms with van der Waals surface area (Å²) in [6.45, 7) is 3.07. The van der Waals surface area contributed by atoms with E-state index in [1.165, 1.54) is 12.1 Å². The topological polar surface area (TPSA) is 81.4 Å². The molecule has 2 unspecified atom stereocenters. The summed E-state index contributed by atoms with van der Waals surface area (Å²) in [6, 6.07) is 4.42. The van der Waals surface area contributed by atoms with Crippen LogP contribution in [0.5, 0.6) is 0 Å². The van der Waals surface area contributed by atoms with Gasteiger partial charge in [0.05, 0.1) is 11.1 Å². The molecule has 0 bridgehead atoms. The molecule has 0 spiro atoms. The van der Waals surface area contributed by atoms with Crippen LogP contribution >= 0.6 is 11.6 Å². The second-order valence-electron chi connectivity index (χ2n) is 4.91. The Labute approximate surface area is 124 Å². The molecular weight excluding hydrogens is 300 g/mol. The third-order valence-electron chi connectivity index (χ3n) is 3.53. The van der Waals surface area contributed by atoms with Crippen LogP contribution in [0.15, 0.2) is 23.1 Å². The standard InChI is InChI=1S/C13H19ClN2O3S/c1-2-12-9(5-6-19-12)8-16-20(17,18)13-7-10(15)3-4-11(13)14/h3-4,7,9,12,16H,2,5-6,8,15H2,1H3. The highest BCUT2D eigenvalue weighted by Crippen LogP contribution is 2.26. The fraction of sp³-hybridized carbons (Fsp3) is 0.538. The van der Waals surface area contributed by atoms with Gasteiger partial charge >= 0.3 is 0 Å². The van der Waals surface area contributed by atoms with Gasteiger partial charge in [-0.15, -0.1) is 0 Å². The molecule has 0 aromatic heterocycles. The first kappa shape index (κ1) is 15.6. The first-order valence-electron chi connectivity index (χ1n) is 6.60. The molecule has 1 aliphatic rings. The van der Waals surface area contributed by atoms with Crippen molar-refractivity contribution in [3.8, 4) is 0 Å². The number of nitrogens with two attached hydrogens (primary N) is 1. The van der Waals surface area contributed by atoms with Crippen molar-refractivity contribution < 1.29 is 13.2 Å². The van der Waals surface area contributed by atoms with Crippen molar-refractivity contribution in [2.75, 3.05) is 18.9 Å². The number of benzene rings is 1. The maximum Gasteiger partial charge on any atom is 0.242 e. The highest BCUT2D eigenvalue weighted by atomic mass is 35.5. The van der Waals surface area contributed by atoms with E-state index in [-0.39, 0.29) is 21.9 Å². The molecule has 3 N–H and O–H groups in total. The Morgan fingerprint density at radius 1 is 1.50 bits per heavy atom. The van der Waals surface area contributed by atoms with E-state index in [4.69, 9.17) is 22.1 Å². The molecule has 1 aromatic carbocycles. The van der Waals surface area contributed by atoms with E-state index in [0.717, 1.165) is 12.8 Å². The van der Waals surface area contributed by atoms with Crippen LogP contribution in [0.2, 0.25) is 5.02 Å². The van der Waals surface area contributed by atoms with Gasteiger partial charge in [-0.05, 0) is 31.0 Å². The van der Waals surface area contributed by atoms with Gasteiger partial charge in [0.25, 0.3) is 0 Å². The lowest BCUT2D eigenvalue weighted by Crippen LogP contribution is -2.33. The van der Waals surface area contributed by atoms with Crippen LogP contribution in [0.3, 0.4) is 0 Å². The van der Waals surface area contributed by atoms with Gasteiger partial charge in [-0.1, -0.05) is 18.5 Å². The summed E-state index contributed by atoms with van der Waals surface area (Å²) in [4.78, 5) is 0.0196. The summed E-state index contributed by atoms with van der Waals surface area (Å²) in [5.41, 5.74) is 5.98. The van der Waals surface area contributed by atoms with Crippen LogP contribution in [0, 0.1) is 5.92 Å². The molecule has 1 aliphatic heterocycles. The second kappa shape index (κ2) is 6.30. The van der Waals surface area contributed by atoms with E-state index in [1.54, 1.807) is 6.07 Å². The van der Waals surface area contributed by atoms with Gasteiger partial charge in [-0.3, -0.25) is 0 Å². The first-order valence-corrected chi connectivity index (χ1v) is 8.46. The second-order valence-corrected chi connectivity index (χ2v) is 7.05. The molecule has 2 rings (SSSR count). The van der Waals surface area contributed by atoms with Gasteiger partial charge in [0.2, 0.25) is 10.0 Å². The quantitative estimate of drug-likeness (QED) is 0.814. The Balaban J connectivity index is 2.09. The van der Waals surface area contributed by atoms with Gasteiger partial charge in [0.15, 0.2) is 0 Å². The zero-order valence-corrected chi connectivity index (χ0v) is 12.9. The van der Waals surface area contributed by atoms with Crippen LogP contribution < -0.4 is 10.5 Å². The molecule has 5 nitrogen and oxygen atoms in total. The van der Waals surface area contributed by atoms with Gasteiger partial charge in [-0.2, -0.15) is 0 Å². The maximum atomic E-state index is 12.3. The van der Waals surface area contributed by atoms with Crippen molar-refractivity contribution in [1.29, 1.82) is 0 Å². The summed E-state index contributed by atoms with van der Waals surface area (Å²) in [5, 5.41) is 0.168. The number of hydrogen-bond donors (Lipinski definition) is 2. The first-order chi connectivity index (χ1) is 9.44. The lowest BCUT2D eigenvalue weighted by molar-refractivity contribution is 0.0884. The normalized spacial score (nSPS) is 23.1. The minimum absolute atomic E-state index is 0.0196. The minimum atomic E-state index is -3.65. The summed E-state index contributed by atoms with van der Waals surface area (Å²) in [7, 11) is -3.65. The van der Waals surface area contributed by atoms with Crippen LogP contribution in [-0.4, -0.2) is 27.7 Å². The largest absolute Gasteiger partial charge is 0.399 e. The van der Waals surface area contributed by atoms with Gasteiger partial charge in [-0.25, -0.2) is 13.1 Å². The number of rotatable bonds is 5. The molecule has 0 aliphatic carbocycles. The van der Waals surface area contributed by atoms with Crippen molar-refractivity contribution in [1.82, 2.24) is 4.72 Å². The van der Waals surface area contributed by atoms with Gasteiger partial charge in [0, 0.05) is 24.8 Å². The van der Waals surface area contributed by atoms with Gasteiger partial charge in [0.1, 0.15) is 4.90 Å². The molecule has 1 heterocycles. The number of nitrogen functional groups attached to an aromatic ring is 1. The van der Waals surface area contributed by atoms with Gasteiger partial charge < -0.3 is 10.5 Å². The smallest absolute Gasteiger partial charge is 0.242 e. The Morgan fingerprint density at radius 2 is 2.25 bits per heavy atom. The average molecular weight is 319 g/mol. The van der Waals surface area contributed by atoms with Crippen molar-refractivity contribution >= 4 is 27.3 Å². The Morgan fingerprint density at radius 3 is 2.95 bits per heavy atom. The molecule has 1 saturated heterocycles. The van der Waals surface area contributed by atoms with E-state index in [9.17, 15) is 8.42 Å². The van der Waals surface area contributed by atoms with E-state index in [1.807, 2.05) is 6.92 Å². The fourth-order valence-electron chi connectivity index (χ4n) is 2.40. The fourth-order valence-corrected chi connectivity index (χ4v) is 4.03. The number of sulfonamides is 1. The highest BCUT2D eigenvalue weighted by molar-refractivity contribution is 7.89. The van der Waals surface area contributed by atoms with Crippen LogP contribution in [0.4, 0.5) is 5.69 Å². The molecule has 112 valence electrons. The van der Waals surface area contributed by atoms with Crippen molar-refractivity contribution in [3.05, 3.63) is 23.2 Å². The third-order valence-corrected chi connectivity index (χ3v) is 5.43. The Kier molecular flexibility index (Phi) is 4.90. The SMILES string of the molecule is CCC1OCCC1CNS(=O)(=O)c1cc(N)ccc1Cl. The van der Waals surface area contributed by atoms with E-state index in [0.29, 0.717) is 18.8 Å². The number of hydrogen-bond acceptors (Lipinski definition) is 4. The lowest BCUT2D eigenvalue weighted by atomic mass is 10.0. The molecule has 0 radical (unpaired) electrons. The zero-order chi connectivity index (χ0) is 14.8. The van der Waals surface area contributed by atoms with Crippen LogP contribution in [0.25, 0.3) is 0 Å². The third kappa shape index (κ3) is 3.44. The van der Waals surface area contributed by atoms with E-state index in [2.05, 4.69) is 4.72 Å². The molecule has 20 heavy (non-hydrogen) atoms. The zero-order valence-electron chi connectivity index (χ0n) is 11.3. The molecule has 7 heteroatoms. The summed E-state index contributed by atoms with van der Waals surface area (Å²) < 4.78 is 32.7. The minimum Gasteiger partial charge on any atom is -0.399 e. The summed E-state index contributed by atoms with van der Waals surface area (Å²) in [6.07, 6.45) is 1.87. The molecule has 0 saturated carbocycles. The number of nitrogens with one attached hydrogen (secondary N) is 1. The summed E-state index contributed by atoms with van der Waals surface area (Å²) in [5.74, 6) is 0.203. The monoisotopic (exact) mass is 318 g/mol. The number of halogens is 1. The predicted octanol–water partition coefficient (Wildman–Crippen LogP) is 2.02. The molecule has 1 aromatic rings. The molecular formula is C13H19ClN2O3S. The lowest BCUT2D eigenvalue weighted by Gasteiger charge is -2.17.